The lowest BCUT2D eigenvalue weighted by atomic mass is 10.1. The predicted octanol–water partition coefficient (Wildman–Crippen LogP) is 1.62. The third-order valence-corrected chi connectivity index (χ3v) is 2.28. The summed E-state index contributed by atoms with van der Waals surface area (Å²) in [4.78, 5) is 1.45. The van der Waals surface area contributed by atoms with Gasteiger partial charge in [0.15, 0.2) is 0 Å². The Morgan fingerprint density at radius 1 is 1.00 bits per heavy atom. The van der Waals surface area contributed by atoms with Crippen LogP contribution >= 0.6 is 0 Å². The van der Waals surface area contributed by atoms with Crippen molar-refractivity contribution in [3.8, 4) is 5.69 Å². The first-order chi connectivity index (χ1) is 7.43. The highest BCUT2D eigenvalue weighted by atomic mass is 15.6. The van der Waals surface area contributed by atoms with Gasteiger partial charge in [-0.25, -0.2) is 0 Å². The van der Waals surface area contributed by atoms with E-state index in [0.29, 0.717) is 0 Å². The Balaban J connectivity index is 2.22. The fraction of sp³-hybridized carbons (Fsp3) is 0. The van der Waals surface area contributed by atoms with Gasteiger partial charge in [0.2, 0.25) is 6.33 Å². The zero-order chi connectivity index (χ0) is 10.1. The summed E-state index contributed by atoms with van der Waals surface area (Å²) in [5.41, 5.74) is 0.891. The first-order valence-electron chi connectivity index (χ1n) is 4.59. The lowest BCUT2D eigenvalue weighted by molar-refractivity contribution is 0.720. The molecule has 0 spiro atoms. The van der Waals surface area contributed by atoms with Crippen LogP contribution in [0.25, 0.3) is 16.5 Å². The van der Waals surface area contributed by atoms with Gasteiger partial charge in [-0.15, -0.1) is 15.0 Å². The van der Waals surface area contributed by atoms with Crippen molar-refractivity contribution in [1.82, 2.24) is 20.2 Å². The van der Waals surface area contributed by atoms with Crippen molar-refractivity contribution in [2.45, 2.75) is 0 Å². The maximum absolute atomic E-state index is 3.86. The number of hydrogen-bond acceptors (Lipinski definition) is 3. The van der Waals surface area contributed by atoms with Gasteiger partial charge in [0.05, 0.1) is 5.69 Å². The molecule has 0 N–H and O–H groups in total. The number of fused-ring (bicyclic) bond motifs is 1. The van der Waals surface area contributed by atoms with Crippen molar-refractivity contribution >= 4 is 10.8 Å². The van der Waals surface area contributed by atoms with Gasteiger partial charge in [0.25, 0.3) is 0 Å². The average Bonchev–Trinajstić information content (AvgIpc) is 2.82. The van der Waals surface area contributed by atoms with E-state index in [1.165, 1.54) is 10.2 Å². The second kappa shape index (κ2) is 3.16. The van der Waals surface area contributed by atoms with E-state index in [0.717, 1.165) is 11.1 Å². The van der Waals surface area contributed by atoms with Crippen LogP contribution in [0.4, 0.5) is 0 Å². The van der Waals surface area contributed by atoms with E-state index >= 15 is 0 Å². The molecule has 15 heavy (non-hydrogen) atoms. The quantitative estimate of drug-likeness (QED) is 0.592. The summed E-state index contributed by atoms with van der Waals surface area (Å²) in [6.45, 7) is 0. The molecule has 0 aliphatic heterocycles. The third-order valence-electron chi connectivity index (χ3n) is 2.28. The zero-order valence-corrected chi connectivity index (χ0v) is 7.83. The Kier molecular flexibility index (Phi) is 1.71. The number of tetrazole rings is 1. The summed E-state index contributed by atoms with van der Waals surface area (Å²) < 4.78 is 0. The maximum atomic E-state index is 3.86. The van der Waals surface area contributed by atoms with Gasteiger partial charge in [0, 0.05) is 0 Å². The van der Waals surface area contributed by atoms with E-state index in [1.54, 1.807) is 0 Å². The molecule has 1 radical (unpaired) electrons. The molecule has 0 bridgehead atoms. The summed E-state index contributed by atoms with van der Waals surface area (Å²) in [5, 5.41) is 13.6. The Morgan fingerprint density at radius 3 is 2.67 bits per heavy atom. The first kappa shape index (κ1) is 8.11. The van der Waals surface area contributed by atoms with Gasteiger partial charge >= 0.3 is 0 Å². The highest BCUT2D eigenvalue weighted by Crippen LogP contribution is 2.16. The molecule has 2 aromatic carbocycles. The van der Waals surface area contributed by atoms with Crippen LogP contribution in [0.3, 0.4) is 0 Å². The van der Waals surface area contributed by atoms with Crippen LogP contribution in [0.1, 0.15) is 0 Å². The van der Waals surface area contributed by atoms with Crippen molar-refractivity contribution < 1.29 is 0 Å². The first-order valence-corrected chi connectivity index (χ1v) is 4.59. The van der Waals surface area contributed by atoms with Crippen LogP contribution < -0.4 is 0 Å². The van der Waals surface area contributed by atoms with E-state index in [9.17, 15) is 0 Å². The Morgan fingerprint density at radius 2 is 1.87 bits per heavy atom. The fourth-order valence-electron chi connectivity index (χ4n) is 1.56. The normalized spacial score (nSPS) is 10.7. The van der Waals surface area contributed by atoms with E-state index < -0.39 is 0 Å². The van der Waals surface area contributed by atoms with Crippen LogP contribution in [0.15, 0.2) is 42.5 Å². The second-order valence-corrected chi connectivity index (χ2v) is 3.21. The average molecular weight is 195 g/mol. The van der Waals surface area contributed by atoms with E-state index in [2.05, 4.69) is 33.9 Å². The Labute approximate surface area is 86.2 Å². The minimum absolute atomic E-state index is 0.891. The van der Waals surface area contributed by atoms with Crippen molar-refractivity contribution in [2.75, 3.05) is 0 Å². The molecule has 1 heterocycles. The molecule has 3 aromatic rings. The maximum Gasteiger partial charge on any atom is 0.246 e. The summed E-state index contributed by atoms with van der Waals surface area (Å²) in [7, 11) is 0. The van der Waals surface area contributed by atoms with E-state index in [4.69, 9.17) is 0 Å². The van der Waals surface area contributed by atoms with Crippen molar-refractivity contribution in [2.24, 2.45) is 0 Å². The highest BCUT2D eigenvalue weighted by molar-refractivity contribution is 5.84. The SMILES string of the molecule is [c]1nnn(-c2ccc3ccccc3c2)n1. The molecular weight excluding hydrogens is 188 g/mol. The molecule has 4 nitrogen and oxygen atoms in total. The summed E-state index contributed by atoms with van der Waals surface area (Å²) in [6.07, 6.45) is 2.43. The molecule has 3 rings (SSSR count). The molecule has 0 saturated heterocycles. The van der Waals surface area contributed by atoms with E-state index in [-0.39, 0.29) is 0 Å². The molecule has 0 saturated carbocycles. The van der Waals surface area contributed by atoms with Crippen molar-refractivity contribution in [3.05, 3.63) is 48.8 Å². The molecule has 0 fully saturated rings. The molecule has 1 aromatic heterocycles. The van der Waals surface area contributed by atoms with E-state index in [1.807, 2.05) is 30.3 Å². The molecule has 71 valence electrons. The van der Waals surface area contributed by atoms with Gasteiger partial charge < -0.3 is 0 Å². The standard InChI is InChI=1S/C11H7N4/c1-2-4-10-7-11(6-5-9(10)3-1)15-13-8-12-14-15/h1-7H. The number of hydrogen-bond donors (Lipinski definition) is 0. The van der Waals surface area contributed by atoms with Crippen molar-refractivity contribution in [3.63, 3.8) is 0 Å². The van der Waals surface area contributed by atoms with Crippen molar-refractivity contribution in [1.29, 1.82) is 0 Å². The summed E-state index contributed by atoms with van der Waals surface area (Å²) >= 11 is 0. The largest absolute Gasteiger partial charge is 0.246 e. The van der Waals surface area contributed by atoms with Crippen LogP contribution in [-0.4, -0.2) is 20.2 Å². The Bertz CT molecular complexity index is 586. The number of rotatable bonds is 1. The smallest absolute Gasteiger partial charge is 0.130 e. The predicted molar refractivity (Wildman–Crippen MR) is 55.5 cm³/mol. The molecule has 4 heteroatoms. The van der Waals surface area contributed by atoms with Gasteiger partial charge in [-0.05, 0) is 28.1 Å². The zero-order valence-electron chi connectivity index (χ0n) is 7.83. The van der Waals surface area contributed by atoms with Crippen LogP contribution in [0.5, 0.6) is 0 Å². The molecular formula is C11H7N4. The highest BCUT2D eigenvalue weighted by Gasteiger charge is 1.99. The topological polar surface area (TPSA) is 43.6 Å². The van der Waals surface area contributed by atoms with Crippen LogP contribution in [0, 0.1) is 6.33 Å². The van der Waals surface area contributed by atoms with Gasteiger partial charge in [-0.3, -0.25) is 0 Å². The third kappa shape index (κ3) is 1.36. The van der Waals surface area contributed by atoms with Crippen LogP contribution in [-0.2, 0) is 0 Å². The Hall–Kier alpha value is -2.23. The number of aromatic nitrogens is 4. The van der Waals surface area contributed by atoms with Crippen LogP contribution in [0.2, 0.25) is 0 Å². The summed E-state index contributed by atoms with van der Waals surface area (Å²) in [6, 6.07) is 14.2. The number of nitrogens with zero attached hydrogens (tertiary/aromatic N) is 4. The van der Waals surface area contributed by atoms with Gasteiger partial charge in [0.1, 0.15) is 0 Å². The molecule has 0 aliphatic rings. The summed E-state index contributed by atoms with van der Waals surface area (Å²) in [5.74, 6) is 0. The van der Waals surface area contributed by atoms with Gasteiger partial charge in [-0.1, -0.05) is 30.3 Å². The minimum atomic E-state index is 0.891. The van der Waals surface area contributed by atoms with Gasteiger partial charge in [-0.2, -0.15) is 0 Å². The lowest BCUT2D eigenvalue weighted by Gasteiger charge is -2.00. The molecule has 0 amide bonds. The number of benzene rings is 2. The second-order valence-electron chi connectivity index (χ2n) is 3.21. The fourth-order valence-corrected chi connectivity index (χ4v) is 1.56. The molecule has 0 aliphatic carbocycles. The molecule has 0 unspecified atom stereocenters. The molecule has 0 atom stereocenters. The monoisotopic (exact) mass is 195 g/mol. The lowest BCUT2D eigenvalue weighted by Crippen LogP contribution is -1.98. The minimum Gasteiger partial charge on any atom is -0.130 e.